The lowest BCUT2D eigenvalue weighted by atomic mass is 9.77. The first-order chi connectivity index (χ1) is 7.79. The molecule has 8 bridgehead atoms. The summed E-state index contributed by atoms with van der Waals surface area (Å²) in [5, 5.41) is 0. The van der Waals surface area contributed by atoms with E-state index in [1.807, 2.05) is 0 Å². The molecule has 6 saturated carbocycles. The van der Waals surface area contributed by atoms with Crippen molar-refractivity contribution >= 4 is 11.6 Å². The van der Waals surface area contributed by atoms with Gasteiger partial charge in [-0.3, -0.25) is 9.59 Å². The fraction of sp³-hybridized carbons (Fsp3) is 0.857. The molecule has 0 radical (unpaired) electrons. The Morgan fingerprint density at radius 1 is 0.625 bits per heavy atom. The summed E-state index contributed by atoms with van der Waals surface area (Å²) in [5.41, 5.74) is 0. The number of ketones is 2. The van der Waals surface area contributed by atoms with Gasteiger partial charge in [-0.15, -0.1) is 0 Å². The first kappa shape index (κ1) is 8.43. The van der Waals surface area contributed by atoms with Crippen LogP contribution < -0.4 is 0 Å². The maximum absolute atomic E-state index is 12.3. The molecule has 0 spiro atoms. The molecule has 8 atom stereocenters. The molecule has 0 N–H and O–H groups in total. The Labute approximate surface area is 94.8 Å². The molecule has 0 aliphatic heterocycles. The van der Waals surface area contributed by atoms with E-state index >= 15 is 0 Å². The standard InChI is InChI=1S/C14H16O2/c15-13-11-5-1-2-6-9(5)10-7(11)3-4-8(10)12(6)14(13)16/h5-12H,1-4H2/t5-,6-,7-,8+,9?,10?,11?,12?/m0/s1. The van der Waals surface area contributed by atoms with E-state index in [1.165, 1.54) is 25.7 Å². The number of hydrogen-bond donors (Lipinski definition) is 0. The Hall–Kier alpha value is -0.660. The fourth-order valence-corrected chi connectivity index (χ4v) is 6.73. The molecule has 4 unspecified atom stereocenters. The highest BCUT2D eigenvalue weighted by Gasteiger charge is 2.73. The molecule has 0 heterocycles. The summed E-state index contributed by atoms with van der Waals surface area (Å²) in [6.45, 7) is 0. The predicted molar refractivity (Wildman–Crippen MR) is 56.4 cm³/mol. The van der Waals surface area contributed by atoms with Gasteiger partial charge in [-0.05, 0) is 61.2 Å². The maximum atomic E-state index is 12.3. The average Bonchev–Trinajstić information content (AvgIpc) is 2.91. The van der Waals surface area contributed by atoms with Crippen LogP contribution in [-0.4, -0.2) is 11.6 Å². The van der Waals surface area contributed by atoms with Gasteiger partial charge >= 0.3 is 0 Å². The van der Waals surface area contributed by atoms with E-state index in [9.17, 15) is 9.59 Å². The maximum Gasteiger partial charge on any atom is 0.202 e. The molecule has 16 heavy (non-hydrogen) atoms. The fourth-order valence-electron chi connectivity index (χ4n) is 6.73. The zero-order valence-corrected chi connectivity index (χ0v) is 9.26. The molecular weight excluding hydrogens is 200 g/mol. The highest BCUT2D eigenvalue weighted by molar-refractivity contribution is 6.39. The quantitative estimate of drug-likeness (QED) is 0.577. The van der Waals surface area contributed by atoms with Crippen molar-refractivity contribution in [1.29, 1.82) is 0 Å². The smallest absolute Gasteiger partial charge is 0.202 e. The second-order valence-electron chi connectivity index (χ2n) is 6.74. The Morgan fingerprint density at radius 2 is 0.938 bits per heavy atom. The molecule has 6 aliphatic rings. The Kier molecular flexibility index (Phi) is 1.21. The number of carbonyl (C=O) groups excluding carboxylic acids is 2. The SMILES string of the molecule is O=C1C(=O)C2[C@H]3CC[C@@H]4C1[C@H]1CC[C@@H]2C1C43. The Balaban J connectivity index is 1.83. The van der Waals surface area contributed by atoms with Crippen LogP contribution in [0.1, 0.15) is 25.7 Å². The molecule has 84 valence electrons. The van der Waals surface area contributed by atoms with Gasteiger partial charge in [0, 0.05) is 11.8 Å². The largest absolute Gasteiger partial charge is 0.291 e. The van der Waals surface area contributed by atoms with Gasteiger partial charge in [-0.25, -0.2) is 0 Å². The zero-order chi connectivity index (χ0) is 10.6. The van der Waals surface area contributed by atoms with Gasteiger partial charge in [0.2, 0.25) is 11.6 Å². The van der Waals surface area contributed by atoms with Gasteiger partial charge in [-0.2, -0.15) is 0 Å². The molecule has 2 heteroatoms. The molecule has 6 fully saturated rings. The van der Waals surface area contributed by atoms with Crippen LogP contribution in [0, 0.1) is 47.3 Å². The van der Waals surface area contributed by atoms with Crippen LogP contribution in [0.25, 0.3) is 0 Å². The molecule has 0 aromatic rings. The van der Waals surface area contributed by atoms with E-state index in [0.717, 1.165) is 11.8 Å². The number of fused-ring (bicyclic) bond motifs is 1. The third-order valence-corrected chi connectivity index (χ3v) is 6.78. The summed E-state index contributed by atoms with van der Waals surface area (Å²) in [7, 11) is 0. The molecule has 0 saturated heterocycles. The van der Waals surface area contributed by atoms with Crippen LogP contribution in [-0.2, 0) is 9.59 Å². The Bertz CT molecular complexity index is 362. The summed E-state index contributed by atoms with van der Waals surface area (Å²) >= 11 is 0. The molecular formula is C14H16O2. The lowest BCUT2D eigenvalue weighted by Gasteiger charge is -2.25. The van der Waals surface area contributed by atoms with E-state index in [4.69, 9.17) is 0 Å². The van der Waals surface area contributed by atoms with Gasteiger partial charge < -0.3 is 0 Å². The van der Waals surface area contributed by atoms with Crippen molar-refractivity contribution in [3.05, 3.63) is 0 Å². The van der Waals surface area contributed by atoms with Crippen LogP contribution >= 0.6 is 0 Å². The van der Waals surface area contributed by atoms with Crippen molar-refractivity contribution in [3.63, 3.8) is 0 Å². The minimum atomic E-state index is 0.0527. The van der Waals surface area contributed by atoms with Gasteiger partial charge in [-0.1, -0.05) is 0 Å². The van der Waals surface area contributed by atoms with E-state index in [0.29, 0.717) is 23.7 Å². The highest BCUT2D eigenvalue weighted by Crippen LogP contribution is 2.73. The second kappa shape index (κ2) is 2.30. The monoisotopic (exact) mass is 216 g/mol. The van der Waals surface area contributed by atoms with Crippen molar-refractivity contribution < 1.29 is 9.59 Å². The van der Waals surface area contributed by atoms with Crippen molar-refractivity contribution in [3.8, 4) is 0 Å². The number of carbonyl (C=O) groups is 2. The van der Waals surface area contributed by atoms with Gasteiger partial charge in [0.25, 0.3) is 0 Å². The average molecular weight is 216 g/mol. The summed E-state index contributed by atoms with van der Waals surface area (Å²) in [5.74, 6) is 4.48. The summed E-state index contributed by atoms with van der Waals surface area (Å²) in [6.07, 6.45) is 4.98. The normalized spacial score (nSPS) is 64.8. The molecule has 2 nitrogen and oxygen atoms in total. The van der Waals surface area contributed by atoms with Crippen LogP contribution in [0.3, 0.4) is 0 Å². The molecule has 6 aliphatic carbocycles. The summed E-state index contributed by atoms with van der Waals surface area (Å²) in [4.78, 5) is 24.5. The van der Waals surface area contributed by atoms with E-state index in [-0.39, 0.29) is 23.4 Å². The van der Waals surface area contributed by atoms with E-state index < -0.39 is 0 Å². The highest BCUT2D eigenvalue weighted by atomic mass is 16.2. The van der Waals surface area contributed by atoms with E-state index in [1.54, 1.807) is 0 Å². The third kappa shape index (κ3) is 0.618. The third-order valence-electron chi connectivity index (χ3n) is 6.78. The first-order valence-electron chi connectivity index (χ1n) is 6.87. The van der Waals surface area contributed by atoms with Gasteiger partial charge in [0.05, 0.1) is 0 Å². The van der Waals surface area contributed by atoms with Crippen molar-refractivity contribution in [2.24, 2.45) is 47.3 Å². The summed E-state index contributed by atoms with van der Waals surface area (Å²) < 4.78 is 0. The van der Waals surface area contributed by atoms with Crippen LogP contribution in [0.5, 0.6) is 0 Å². The van der Waals surface area contributed by atoms with Crippen LogP contribution in [0.2, 0.25) is 0 Å². The minimum Gasteiger partial charge on any atom is -0.291 e. The molecule has 0 amide bonds. The van der Waals surface area contributed by atoms with Crippen molar-refractivity contribution in [2.75, 3.05) is 0 Å². The summed E-state index contributed by atoms with van der Waals surface area (Å²) in [6, 6.07) is 0. The molecule has 0 aromatic heterocycles. The number of rotatable bonds is 0. The first-order valence-corrected chi connectivity index (χ1v) is 6.87. The molecule has 6 rings (SSSR count). The van der Waals surface area contributed by atoms with Crippen molar-refractivity contribution in [2.45, 2.75) is 25.7 Å². The second-order valence-corrected chi connectivity index (χ2v) is 6.74. The number of hydrogen-bond acceptors (Lipinski definition) is 2. The minimum absolute atomic E-state index is 0.0527. The lowest BCUT2D eigenvalue weighted by molar-refractivity contribution is -0.143. The van der Waals surface area contributed by atoms with Crippen LogP contribution in [0.15, 0.2) is 0 Å². The topological polar surface area (TPSA) is 34.1 Å². The van der Waals surface area contributed by atoms with Crippen LogP contribution in [0.4, 0.5) is 0 Å². The van der Waals surface area contributed by atoms with Gasteiger partial charge in [0.1, 0.15) is 0 Å². The van der Waals surface area contributed by atoms with Crippen molar-refractivity contribution in [1.82, 2.24) is 0 Å². The zero-order valence-electron chi connectivity index (χ0n) is 9.26. The Morgan fingerprint density at radius 3 is 1.25 bits per heavy atom. The van der Waals surface area contributed by atoms with E-state index in [2.05, 4.69) is 0 Å². The predicted octanol–water partition coefficient (Wildman–Crippen LogP) is 1.68. The number of Topliss-reactive ketones (excluding diaryl/α,β-unsaturated/α-hetero) is 2. The van der Waals surface area contributed by atoms with Gasteiger partial charge in [0.15, 0.2) is 0 Å². The lowest BCUT2D eigenvalue weighted by Crippen LogP contribution is -2.36. The molecule has 0 aromatic carbocycles.